The lowest BCUT2D eigenvalue weighted by molar-refractivity contribution is -0.938. The molecule has 0 atom stereocenters. The Balaban J connectivity index is 0.00000150. The van der Waals surface area contributed by atoms with Crippen molar-refractivity contribution < 1.29 is 28.5 Å². The van der Waals surface area contributed by atoms with Crippen LogP contribution in [-0.4, -0.2) is 34.6 Å². The number of benzene rings is 2. The molecule has 0 fully saturated rings. The third-order valence-electron chi connectivity index (χ3n) is 6.61. The van der Waals surface area contributed by atoms with E-state index in [1.165, 1.54) is 70.3 Å². The van der Waals surface area contributed by atoms with Crippen LogP contribution < -0.4 is 24.0 Å². The van der Waals surface area contributed by atoms with Gasteiger partial charge in [-0.25, -0.2) is 0 Å². The molecule has 6 rings (SSSR count). The van der Waals surface area contributed by atoms with Crippen LogP contribution in [-0.2, 0) is 12.8 Å². The van der Waals surface area contributed by atoms with E-state index in [4.69, 9.17) is 0 Å². The van der Waals surface area contributed by atoms with Gasteiger partial charge in [0.05, 0.1) is 31.5 Å². The highest BCUT2D eigenvalue weighted by Crippen LogP contribution is 2.46. The van der Waals surface area contributed by atoms with Crippen LogP contribution in [0.2, 0.25) is 0 Å². The summed E-state index contributed by atoms with van der Waals surface area (Å²) in [5.74, 6) is 0. The van der Waals surface area contributed by atoms with Crippen LogP contribution in [0.4, 0.5) is 0 Å². The largest absolute Gasteiger partial charge is 1.00 e. The number of nitrogens with zero attached hydrogens (tertiary/aromatic N) is 1. The lowest BCUT2D eigenvalue weighted by Gasteiger charge is -2.47. The summed E-state index contributed by atoms with van der Waals surface area (Å²) in [6, 6.07) is 18.0. The van der Waals surface area contributed by atoms with Crippen LogP contribution in [0.1, 0.15) is 28.6 Å². The fourth-order valence-corrected chi connectivity index (χ4v) is 5.32. The van der Waals surface area contributed by atoms with Crippen LogP contribution in [0.3, 0.4) is 0 Å². The molecule has 2 aromatic heterocycles. The second-order valence-corrected chi connectivity index (χ2v) is 7.95. The van der Waals surface area contributed by atoms with Crippen molar-refractivity contribution >= 4 is 21.8 Å². The minimum Gasteiger partial charge on any atom is -1.00 e. The molecule has 0 aliphatic carbocycles. The van der Waals surface area contributed by atoms with E-state index in [0.29, 0.717) is 6.04 Å². The summed E-state index contributed by atoms with van der Waals surface area (Å²) < 4.78 is 1.11. The third kappa shape index (κ3) is 2.03. The van der Waals surface area contributed by atoms with E-state index in [9.17, 15) is 0 Å². The molecule has 26 heavy (non-hydrogen) atoms. The number of hydrogen-bond acceptors (Lipinski definition) is 0. The van der Waals surface area contributed by atoms with Crippen LogP contribution in [0, 0.1) is 0 Å². The van der Waals surface area contributed by atoms with Gasteiger partial charge >= 0.3 is 0 Å². The Bertz CT molecular complexity index is 1050. The fraction of sp³-hybridized carbons (Fsp3) is 0.273. The zero-order chi connectivity index (χ0) is 16.6. The van der Waals surface area contributed by atoms with Gasteiger partial charge in [0.1, 0.15) is 0 Å². The quantitative estimate of drug-likeness (QED) is 0.296. The molecule has 0 unspecified atom stereocenters. The summed E-state index contributed by atoms with van der Waals surface area (Å²) in [5.41, 5.74) is 8.49. The van der Waals surface area contributed by atoms with Crippen molar-refractivity contribution in [3.63, 3.8) is 0 Å². The molecule has 4 aromatic rings. The Morgan fingerprint density at radius 1 is 0.769 bits per heavy atom. The molecule has 4 heteroatoms. The van der Waals surface area contributed by atoms with Gasteiger partial charge in [0.2, 0.25) is 0 Å². The first-order chi connectivity index (χ1) is 12.2. The number of aromatic nitrogens is 2. The van der Waals surface area contributed by atoms with E-state index in [-0.39, 0.29) is 24.0 Å². The zero-order valence-corrected chi connectivity index (χ0v) is 17.0. The van der Waals surface area contributed by atoms with Gasteiger partial charge in [-0.2, -0.15) is 0 Å². The Kier molecular flexibility index (Phi) is 3.53. The summed E-state index contributed by atoms with van der Waals surface area (Å²) in [6.45, 7) is 2.43. The van der Waals surface area contributed by atoms with Crippen molar-refractivity contribution in [2.75, 3.05) is 20.1 Å². The SMILES string of the molecule is C[N+]12CCc3c([nH]c4ccccc34)C1c1[nH]c3ccccc3c1CC2.[I-]. The summed E-state index contributed by atoms with van der Waals surface area (Å²) in [6.07, 6.45) is 2.34. The zero-order valence-electron chi connectivity index (χ0n) is 14.8. The Hall–Kier alpha value is -1.79. The van der Waals surface area contributed by atoms with Gasteiger partial charge in [0, 0.05) is 34.6 Å². The lowest BCUT2D eigenvalue weighted by atomic mass is 9.87. The maximum atomic E-state index is 3.79. The molecular formula is C22H22IN3. The van der Waals surface area contributed by atoms with Gasteiger partial charge in [0.25, 0.3) is 0 Å². The van der Waals surface area contributed by atoms with Gasteiger partial charge in [-0.15, -0.1) is 0 Å². The normalized spacial score (nSPS) is 24.0. The Morgan fingerprint density at radius 2 is 1.23 bits per heavy atom. The smallest absolute Gasteiger partial charge is 0.171 e. The van der Waals surface area contributed by atoms with Gasteiger partial charge in [0.15, 0.2) is 6.04 Å². The van der Waals surface area contributed by atoms with Crippen molar-refractivity contribution in [1.29, 1.82) is 0 Å². The average molecular weight is 455 g/mol. The highest BCUT2D eigenvalue weighted by atomic mass is 127. The standard InChI is InChI=1S/C22H22N3.HI/c1-25-12-10-16-14-6-2-4-8-18(14)23-20(16)22(25)21-17(11-13-25)15-7-3-5-9-19(15)24-21;/h2-9,22-24H,10-13H2,1H3;1H/q+1;/p-1. The van der Waals surface area contributed by atoms with Gasteiger partial charge in [-0.05, 0) is 23.3 Å². The highest BCUT2D eigenvalue weighted by Gasteiger charge is 2.46. The molecule has 2 aromatic carbocycles. The van der Waals surface area contributed by atoms with Crippen molar-refractivity contribution in [2.24, 2.45) is 0 Å². The summed E-state index contributed by atoms with van der Waals surface area (Å²) in [5, 5.41) is 2.82. The van der Waals surface area contributed by atoms with E-state index in [1.807, 2.05) is 0 Å². The maximum absolute atomic E-state index is 3.79. The third-order valence-corrected chi connectivity index (χ3v) is 6.61. The number of para-hydroxylation sites is 2. The number of hydrogen-bond donors (Lipinski definition) is 2. The van der Waals surface area contributed by atoms with E-state index in [0.717, 1.165) is 4.48 Å². The molecule has 0 amide bonds. The topological polar surface area (TPSA) is 31.6 Å². The molecule has 2 aliphatic rings. The first-order valence-electron chi connectivity index (χ1n) is 9.28. The molecule has 2 aliphatic heterocycles. The van der Waals surface area contributed by atoms with Crippen LogP contribution in [0.25, 0.3) is 21.8 Å². The molecular weight excluding hydrogens is 433 g/mol. The first kappa shape index (κ1) is 16.4. The van der Waals surface area contributed by atoms with Gasteiger partial charge in [-0.1, -0.05) is 36.4 Å². The lowest BCUT2D eigenvalue weighted by Crippen LogP contribution is -3.00. The average Bonchev–Trinajstić information content (AvgIpc) is 3.18. The molecule has 0 saturated carbocycles. The number of rotatable bonds is 0. The highest BCUT2D eigenvalue weighted by molar-refractivity contribution is 5.87. The summed E-state index contributed by atoms with van der Waals surface area (Å²) in [4.78, 5) is 7.58. The molecule has 0 bridgehead atoms. The first-order valence-corrected chi connectivity index (χ1v) is 9.28. The predicted octanol–water partition coefficient (Wildman–Crippen LogP) is 1.30. The van der Waals surface area contributed by atoms with E-state index in [1.54, 1.807) is 0 Å². The molecule has 132 valence electrons. The number of quaternary nitrogens is 1. The van der Waals surface area contributed by atoms with Crippen molar-refractivity contribution in [2.45, 2.75) is 18.9 Å². The number of H-pyrrole nitrogens is 2. The molecule has 2 N–H and O–H groups in total. The minimum atomic E-state index is 0. The van der Waals surface area contributed by atoms with Crippen molar-refractivity contribution in [3.05, 3.63) is 71.0 Å². The van der Waals surface area contributed by atoms with E-state index < -0.39 is 0 Å². The van der Waals surface area contributed by atoms with Crippen LogP contribution in [0.15, 0.2) is 48.5 Å². The second kappa shape index (κ2) is 5.60. The fourth-order valence-electron chi connectivity index (χ4n) is 5.32. The summed E-state index contributed by atoms with van der Waals surface area (Å²) >= 11 is 0. The van der Waals surface area contributed by atoms with E-state index in [2.05, 4.69) is 65.5 Å². The van der Waals surface area contributed by atoms with Crippen LogP contribution in [0.5, 0.6) is 0 Å². The van der Waals surface area contributed by atoms with Gasteiger partial charge < -0.3 is 38.4 Å². The van der Waals surface area contributed by atoms with Crippen LogP contribution >= 0.6 is 0 Å². The van der Waals surface area contributed by atoms with Crippen molar-refractivity contribution in [3.8, 4) is 0 Å². The van der Waals surface area contributed by atoms with Gasteiger partial charge in [-0.3, -0.25) is 0 Å². The second-order valence-electron chi connectivity index (χ2n) is 7.95. The number of nitrogens with one attached hydrogen (secondary N) is 2. The molecule has 0 radical (unpaired) electrons. The Labute approximate surface area is 170 Å². The number of fused-ring (bicyclic) bond motifs is 9. The molecule has 0 spiro atoms. The predicted molar refractivity (Wildman–Crippen MR) is 102 cm³/mol. The monoisotopic (exact) mass is 455 g/mol. The maximum Gasteiger partial charge on any atom is 0.171 e. The van der Waals surface area contributed by atoms with E-state index >= 15 is 0 Å². The molecule has 3 nitrogen and oxygen atoms in total. The van der Waals surface area contributed by atoms with Crippen molar-refractivity contribution in [1.82, 2.24) is 9.97 Å². The molecule has 4 heterocycles. The summed E-state index contributed by atoms with van der Waals surface area (Å²) in [7, 11) is 2.44. The minimum absolute atomic E-state index is 0. The number of halogens is 1. The molecule has 0 saturated heterocycles. The number of aromatic amines is 2. The number of likely N-dealkylation sites (N-methyl/N-ethyl adjacent to an activating group) is 1. The Morgan fingerprint density at radius 3 is 1.73 bits per heavy atom.